The number of amides is 2. The minimum absolute atomic E-state index is 0.183. The molecule has 0 aromatic carbocycles. The summed E-state index contributed by atoms with van der Waals surface area (Å²) >= 11 is 7.91. The smallest absolute Gasteiger partial charge is 0.289 e. The summed E-state index contributed by atoms with van der Waals surface area (Å²) in [5, 5.41) is 5.66. The first-order valence-corrected chi connectivity index (χ1v) is 14.1. The maximum atomic E-state index is 13.7. The van der Waals surface area contributed by atoms with Gasteiger partial charge in [0.05, 0.1) is 24.6 Å². The van der Waals surface area contributed by atoms with E-state index in [2.05, 4.69) is 15.0 Å². The van der Waals surface area contributed by atoms with Crippen LogP contribution in [0.25, 0.3) is 4.96 Å². The topological polar surface area (TPSA) is 119 Å². The van der Waals surface area contributed by atoms with Crippen LogP contribution in [0.1, 0.15) is 38.8 Å². The van der Waals surface area contributed by atoms with Crippen LogP contribution in [0.2, 0.25) is 5.15 Å². The Bertz CT molecular complexity index is 1570. The molecular formula is C26H28ClN7O5S. The summed E-state index contributed by atoms with van der Waals surface area (Å²) in [5.74, 6) is 1.14. The molecule has 1 fully saturated rings. The number of ether oxygens (including phenoxy) is 2. The summed E-state index contributed by atoms with van der Waals surface area (Å²) in [6.45, 7) is 4.77. The van der Waals surface area contributed by atoms with Crippen LogP contribution in [0.5, 0.6) is 5.75 Å². The minimum Gasteiger partial charge on any atom is -0.481 e. The second kappa shape index (κ2) is 10.7. The number of nitrogens with zero attached hydrogens (tertiary/aromatic N) is 7. The van der Waals surface area contributed by atoms with Crippen LogP contribution in [0, 0.1) is 6.92 Å². The SMILES string of the molecule is Cc1nn2c3c(nc2s1)CCN(C(=O)COc1ccc(N2CCOCC2)nc1Cl)C3c1ccc(C(=O)N(C)C)o1. The molecule has 1 saturated heterocycles. The third-order valence-corrected chi connectivity index (χ3v) is 7.99. The predicted octanol–water partition coefficient (Wildman–Crippen LogP) is 2.83. The van der Waals surface area contributed by atoms with E-state index in [4.69, 9.17) is 30.5 Å². The highest BCUT2D eigenvalue weighted by molar-refractivity contribution is 7.16. The van der Waals surface area contributed by atoms with Crippen molar-refractivity contribution in [2.24, 2.45) is 0 Å². The van der Waals surface area contributed by atoms with Crippen LogP contribution in [0.4, 0.5) is 5.82 Å². The second-order valence-corrected chi connectivity index (χ2v) is 11.3. The van der Waals surface area contributed by atoms with E-state index in [1.165, 1.54) is 16.2 Å². The molecule has 4 aromatic heterocycles. The van der Waals surface area contributed by atoms with Gasteiger partial charge in [-0.3, -0.25) is 9.59 Å². The third-order valence-electron chi connectivity index (χ3n) is 6.90. The lowest BCUT2D eigenvalue weighted by Crippen LogP contribution is -2.43. The Morgan fingerprint density at radius 1 is 1.15 bits per heavy atom. The first-order valence-electron chi connectivity index (χ1n) is 12.9. The normalized spacial score (nSPS) is 17.2. The second-order valence-electron chi connectivity index (χ2n) is 9.75. The molecule has 2 aliphatic rings. The van der Waals surface area contributed by atoms with Gasteiger partial charge in [0.25, 0.3) is 11.8 Å². The fourth-order valence-corrected chi connectivity index (χ4v) is 5.94. The van der Waals surface area contributed by atoms with Crippen LogP contribution in [-0.4, -0.2) is 94.7 Å². The summed E-state index contributed by atoms with van der Waals surface area (Å²) in [6.07, 6.45) is 0.549. The number of rotatable bonds is 6. The summed E-state index contributed by atoms with van der Waals surface area (Å²) in [4.78, 5) is 41.4. The molecule has 40 heavy (non-hydrogen) atoms. The fraction of sp³-hybridized carbons (Fsp3) is 0.423. The van der Waals surface area contributed by atoms with E-state index in [0.717, 1.165) is 40.3 Å². The Hall–Kier alpha value is -3.68. The molecular weight excluding hydrogens is 558 g/mol. The fourth-order valence-electron chi connectivity index (χ4n) is 4.96. The molecule has 2 amide bonds. The number of fused-ring (bicyclic) bond motifs is 3. The number of aromatic nitrogens is 4. The Morgan fingerprint density at radius 2 is 1.95 bits per heavy atom. The number of pyridine rings is 1. The molecule has 6 heterocycles. The molecule has 0 saturated carbocycles. The third kappa shape index (κ3) is 4.88. The Labute approximate surface area is 239 Å². The maximum absolute atomic E-state index is 13.7. The van der Waals surface area contributed by atoms with E-state index >= 15 is 0 Å². The Morgan fingerprint density at radius 3 is 2.70 bits per heavy atom. The van der Waals surface area contributed by atoms with E-state index in [1.807, 2.05) is 13.0 Å². The van der Waals surface area contributed by atoms with E-state index in [0.29, 0.717) is 37.7 Å². The predicted molar refractivity (Wildman–Crippen MR) is 147 cm³/mol. The molecule has 12 nitrogen and oxygen atoms in total. The zero-order valence-corrected chi connectivity index (χ0v) is 23.9. The molecule has 0 N–H and O–H groups in total. The molecule has 0 radical (unpaired) electrons. The molecule has 1 atom stereocenters. The maximum Gasteiger partial charge on any atom is 0.289 e. The van der Waals surface area contributed by atoms with Crippen molar-refractivity contribution < 1.29 is 23.5 Å². The van der Waals surface area contributed by atoms with Crippen molar-refractivity contribution in [3.05, 3.63) is 57.3 Å². The van der Waals surface area contributed by atoms with Crippen LogP contribution < -0.4 is 9.64 Å². The van der Waals surface area contributed by atoms with Gasteiger partial charge in [0.1, 0.15) is 22.6 Å². The van der Waals surface area contributed by atoms with Crippen molar-refractivity contribution in [3.8, 4) is 5.75 Å². The van der Waals surface area contributed by atoms with E-state index in [-0.39, 0.29) is 29.3 Å². The number of carbonyl (C=O) groups is 2. The number of imidazole rings is 1. The first kappa shape index (κ1) is 26.5. The van der Waals surface area contributed by atoms with Crippen molar-refractivity contribution in [3.63, 3.8) is 0 Å². The summed E-state index contributed by atoms with van der Waals surface area (Å²) in [5.41, 5.74) is 1.59. The molecule has 0 aliphatic carbocycles. The van der Waals surface area contributed by atoms with Gasteiger partial charge < -0.3 is 28.6 Å². The summed E-state index contributed by atoms with van der Waals surface area (Å²) in [6, 6.07) is 6.26. The molecule has 0 bridgehead atoms. The van der Waals surface area contributed by atoms with Crippen LogP contribution in [0.15, 0.2) is 28.7 Å². The lowest BCUT2D eigenvalue weighted by Gasteiger charge is -2.34. The van der Waals surface area contributed by atoms with E-state index < -0.39 is 6.04 Å². The molecule has 0 spiro atoms. The molecule has 1 unspecified atom stereocenters. The first-order chi connectivity index (χ1) is 19.3. The van der Waals surface area contributed by atoms with Gasteiger partial charge in [-0.2, -0.15) is 5.10 Å². The van der Waals surface area contributed by atoms with Gasteiger partial charge in [-0.15, -0.1) is 0 Å². The number of aryl methyl sites for hydroxylation is 1. The molecule has 210 valence electrons. The highest BCUT2D eigenvalue weighted by Gasteiger charge is 2.39. The van der Waals surface area contributed by atoms with Gasteiger partial charge >= 0.3 is 0 Å². The molecule has 6 rings (SSSR count). The van der Waals surface area contributed by atoms with Crippen molar-refractivity contribution in [1.29, 1.82) is 0 Å². The standard InChI is InChI=1S/C26H28ClN7O5S/c1-15-30-34-22-16(28-26(34)40-15)8-9-33(23(22)17-4-5-19(39-17)25(36)31(2)3)21(35)14-38-18-6-7-20(29-24(18)27)32-10-12-37-13-11-32/h4-7,23H,8-14H2,1-3H3. The van der Waals surface area contributed by atoms with Crippen molar-refractivity contribution in [2.75, 3.05) is 58.5 Å². The number of halogens is 1. The highest BCUT2D eigenvalue weighted by Crippen LogP contribution is 2.38. The quantitative estimate of drug-likeness (QED) is 0.315. The van der Waals surface area contributed by atoms with Crippen molar-refractivity contribution in [1.82, 2.24) is 29.4 Å². The van der Waals surface area contributed by atoms with Gasteiger partial charge in [-0.05, 0) is 31.2 Å². The summed E-state index contributed by atoms with van der Waals surface area (Å²) in [7, 11) is 3.31. The lowest BCUT2D eigenvalue weighted by atomic mass is 10.0. The van der Waals surface area contributed by atoms with Gasteiger partial charge in [0.2, 0.25) is 4.96 Å². The van der Waals surface area contributed by atoms with Gasteiger partial charge in [0.15, 0.2) is 23.3 Å². The number of morpholine rings is 1. The van der Waals surface area contributed by atoms with Crippen LogP contribution >= 0.6 is 22.9 Å². The average Bonchev–Trinajstić information content (AvgIpc) is 3.66. The zero-order chi connectivity index (χ0) is 28.0. The minimum atomic E-state index is -0.641. The van der Waals surface area contributed by atoms with Gasteiger partial charge in [0, 0.05) is 40.2 Å². The number of hydrogen-bond acceptors (Lipinski definition) is 10. The number of anilines is 1. The lowest BCUT2D eigenvalue weighted by molar-refractivity contribution is -0.136. The molecule has 14 heteroatoms. The largest absolute Gasteiger partial charge is 0.481 e. The Balaban J connectivity index is 1.27. The number of hydrogen-bond donors (Lipinski definition) is 0. The van der Waals surface area contributed by atoms with E-state index in [9.17, 15) is 9.59 Å². The number of furan rings is 1. The zero-order valence-electron chi connectivity index (χ0n) is 22.3. The van der Waals surface area contributed by atoms with E-state index in [1.54, 1.807) is 41.7 Å². The van der Waals surface area contributed by atoms with Crippen molar-refractivity contribution >= 4 is 45.5 Å². The molecule has 4 aromatic rings. The van der Waals surface area contributed by atoms with Gasteiger partial charge in [-0.25, -0.2) is 14.5 Å². The molecule has 2 aliphatic heterocycles. The average molecular weight is 586 g/mol. The van der Waals surface area contributed by atoms with Crippen LogP contribution in [-0.2, 0) is 16.0 Å². The number of carbonyl (C=O) groups excluding carboxylic acids is 2. The van der Waals surface area contributed by atoms with Crippen LogP contribution in [0.3, 0.4) is 0 Å². The monoisotopic (exact) mass is 585 g/mol. The summed E-state index contributed by atoms with van der Waals surface area (Å²) < 4.78 is 19.0. The highest BCUT2D eigenvalue weighted by atomic mass is 35.5. The van der Waals surface area contributed by atoms with Gasteiger partial charge in [-0.1, -0.05) is 22.9 Å². The Kier molecular flexibility index (Phi) is 7.11. The van der Waals surface area contributed by atoms with Crippen molar-refractivity contribution in [2.45, 2.75) is 19.4 Å².